The van der Waals surface area contributed by atoms with Gasteiger partial charge in [-0.3, -0.25) is 0 Å². The quantitative estimate of drug-likeness (QED) is 0.445. The van der Waals surface area contributed by atoms with E-state index in [2.05, 4.69) is 22.2 Å². The molecule has 0 bridgehead atoms. The molecule has 0 amide bonds. The van der Waals surface area contributed by atoms with Crippen LogP contribution in [0.5, 0.6) is 0 Å². The Hall–Kier alpha value is -0.650. The normalized spacial score (nSPS) is 10.9. The van der Waals surface area contributed by atoms with E-state index in [4.69, 9.17) is 4.74 Å². The van der Waals surface area contributed by atoms with Crippen molar-refractivity contribution in [3.8, 4) is 0 Å². The highest BCUT2D eigenvalue weighted by Crippen LogP contribution is 2.16. The van der Waals surface area contributed by atoms with Crippen LogP contribution >= 0.6 is 11.8 Å². The van der Waals surface area contributed by atoms with Gasteiger partial charge in [0.25, 0.3) is 0 Å². The van der Waals surface area contributed by atoms with Gasteiger partial charge in [0, 0.05) is 37.4 Å². The van der Waals surface area contributed by atoms with Crippen LogP contribution in [-0.2, 0) is 4.74 Å². The molecule has 1 rings (SSSR count). The second-order valence-corrected chi connectivity index (χ2v) is 5.31. The van der Waals surface area contributed by atoms with Crippen molar-refractivity contribution in [2.24, 2.45) is 0 Å². The molecule has 0 fully saturated rings. The molecule has 5 heteroatoms. The molecule has 18 heavy (non-hydrogen) atoms. The Kier molecular flexibility index (Phi) is 7.23. The number of hydrogen-bond donors (Lipinski definition) is 1. The summed E-state index contributed by atoms with van der Waals surface area (Å²) in [5, 5.41) is 4.26. The average Bonchev–Trinajstić information content (AvgIpc) is 2.34. The molecular weight excluding hydrogens is 246 g/mol. The number of rotatable bonds is 8. The Balaban J connectivity index is 2.23. The zero-order valence-electron chi connectivity index (χ0n) is 11.7. The Morgan fingerprint density at radius 1 is 1.11 bits per heavy atom. The van der Waals surface area contributed by atoms with Gasteiger partial charge < -0.3 is 10.1 Å². The third-order valence-electron chi connectivity index (χ3n) is 2.82. The van der Waals surface area contributed by atoms with Gasteiger partial charge in [0.2, 0.25) is 0 Å². The van der Waals surface area contributed by atoms with E-state index in [1.807, 2.05) is 13.8 Å². The summed E-state index contributed by atoms with van der Waals surface area (Å²) >= 11 is 1.71. The fourth-order valence-corrected chi connectivity index (χ4v) is 2.32. The maximum absolute atomic E-state index is 4.99. The molecule has 4 nitrogen and oxygen atoms in total. The van der Waals surface area contributed by atoms with Gasteiger partial charge in [-0.2, -0.15) is 0 Å². The van der Waals surface area contributed by atoms with Crippen molar-refractivity contribution in [3.63, 3.8) is 0 Å². The van der Waals surface area contributed by atoms with Crippen LogP contribution in [0.2, 0.25) is 0 Å². The smallest absolute Gasteiger partial charge is 0.188 e. The van der Waals surface area contributed by atoms with E-state index in [1.165, 1.54) is 5.56 Å². The van der Waals surface area contributed by atoms with Gasteiger partial charge in [-0.05, 0) is 39.3 Å². The number of nitrogens with zero attached hydrogens (tertiary/aromatic N) is 2. The summed E-state index contributed by atoms with van der Waals surface area (Å²) < 4.78 is 4.99. The molecule has 0 aliphatic rings. The number of thioether (sulfide) groups is 1. The average molecular weight is 269 g/mol. The summed E-state index contributed by atoms with van der Waals surface area (Å²) in [5.41, 5.74) is 3.35. The van der Waals surface area contributed by atoms with E-state index >= 15 is 0 Å². The minimum atomic E-state index is 0.819. The summed E-state index contributed by atoms with van der Waals surface area (Å²) in [6.07, 6.45) is 1.06. The fraction of sp³-hybridized carbons (Fsp3) is 0.692. The number of nitrogens with one attached hydrogen (secondary N) is 1. The number of aromatic nitrogens is 2. The molecule has 1 heterocycles. The highest BCUT2D eigenvalue weighted by molar-refractivity contribution is 7.99. The second kappa shape index (κ2) is 8.45. The minimum absolute atomic E-state index is 0.819. The van der Waals surface area contributed by atoms with Gasteiger partial charge in [0.15, 0.2) is 5.16 Å². The van der Waals surface area contributed by atoms with Crippen molar-refractivity contribution in [2.75, 3.05) is 32.6 Å². The minimum Gasteiger partial charge on any atom is -0.385 e. The molecule has 0 atom stereocenters. The van der Waals surface area contributed by atoms with Crippen molar-refractivity contribution in [1.29, 1.82) is 0 Å². The fourth-order valence-electron chi connectivity index (χ4n) is 1.49. The molecule has 1 N–H and O–H groups in total. The van der Waals surface area contributed by atoms with Crippen LogP contribution in [0.3, 0.4) is 0 Å². The first-order valence-electron chi connectivity index (χ1n) is 6.29. The molecule has 0 aliphatic heterocycles. The summed E-state index contributed by atoms with van der Waals surface area (Å²) in [7, 11) is 1.73. The maximum Gasteiger partial charge on any atom is 0.188 e. The lowest BCUT2D eigenvalue weighted by atomic mass is 10.2. The molecule has 102 valence electrons. The predicted octanol–water partition coefficient (Wildman–Crippen LogP) is 2.12. The first kappa shape index (κ1) is 15.4. The highest BCUT2D eigenvalue weighted by Gasteiger charge is 2.04. The molecule has 0 saturated heterocycles. The SMILES string of the molecule is COCCCNCCSc1nc(C)c(C)c(C)n1. The lowest BCUT2D eigenvalue weighted by Gasteiger charge is -2.07. The third kappa shape index (κ3) is 5.33. The van der Waals surface area contributed by atoms with E-state index < -0.39 is 0 Å². The van der Waals surface area contributed by atoms with E-state index in [9.17, 15) is 0 Å². The van der Waals surface area contributed by atoms with E-state index in [-0.39, 0.29) is 0 Å². The summed E-state index contributed by atoms with van der Waals surface area (Å²) in [5.74, 6) is 0.995. The van der Waals surface area contributed by atoms with Gasteiger partial charge in [-0.25, -0.2) is 9.97 Å². The van der Waals surface area contributed by atoms with Crippen molar-refractivity contribution in [1.82, 2.24) is 15.3 Å². The standard InChI is InChI=1S/C13H23N3OS/c1-10-11(2)15-13(16-12(10)3)18-9-7-14-6-5-8-17-4/h14H,5-9H2,1-4H3. The maximum atomic E-state index is 4.99. The van der Waals surface area contributed by atoms with Crippen LogP contribution in [0.1, 0.15) is 23.4 Å². The van der Waals surface area contributed by atoms with Gasteiger partial charge >= 0.3 is 0 Å². The van der Waals surface area contributed by atoms with Crippen molar-refractivity contribution in [2.45, 2.75) is 32.3 Å². The Bertz CT molecular complexity index is 348. The second-order valence-electron chi connectivity index (χ2n) is 4.25. The number of hydrogen-bond acceptors (Lipinski definition) is 5. The van der Waals surface area contributed by atoms with Gasteiger partial charge in [0.05, 0.1) is 0 Å². The van der Waals surface area contributed by atoms with Crippen LogP contribution in [0.25, 0.3) is 0 Å². The lowest BCUT2D eigenvalue weighted by Crippen LogP contribution is -2.19. The van der Waals surface area contributed by atoms with Gasteiger partial charge in [-0.1, -0.05) is 11.8 Å². The molecule has 0 radical (unpaired) electrons. The molecular formula is C13H23N3OS. The zero-order chi connectivity index (χ0) is 13.4. The third-order valence-corrected chi connectivity index (χ3v) is 3.67. The summed E-state index contributed by atoms with van der Waals surface area (Å²) in [6.45, 7) is 8.94. The largest absolute Gasteiger partial charge is 0.385 e. The molecule has 0 saturated carbocycles. The number of methoxy groups -OCH3 is 1. The van der Waals surface area contributed by atoms with Crippen LogP contribution in [0.15, 0.2) is 5.16 Å². The molecule has 0 aliphatic carbocycles. The first-order chi connectivity index (χ1) is 8.65. The van der Waals surface area contributed by atoms with Crippen LogP contribution in [-0.4, -0.2) is 42.5 Å². The Labute approximate surface area is 114 Å². The van der Waals surface area contributed by atoms with Crippen LogP contribution in [0, 0.1) is 20.8 Å². The highest BCUT2D eigenvalue weighted by atomic mass is 32.2. The molecule has 0 spiro atoms. The van der Waals surface area contributed by atoms with Crippen molar-refractivity contribution in [3.05, 3.63) is 17.0 Å². The number of ether oxygens (including phenoxy) is 1. The molecule has 0 unspecified atom stereocenters. The van der Waals surface area contributed by atoms with Crippen molar-refractivity contribution < 1.29 is 4.74 Å². The van der Waals surface area contributed by atoms with Gasteiger partial charge in [0.1, 0.15) is 0 Å². The van der Waals surface area contributed by atoms with Gasteiger partial charge in [-0.15, -0.1) is 0 Å². The zero-order valence-corrected chi connectivity index (χ0v) is 12.6. The lowest BCUT2D eigenvalue weighted by molar-refractivity contribution is 0.194. The predicted molar refractivity (Wildman–Crippen MR) is 76.3 cm³/mol. The molecule has 1 aromatic heterocycles. The molecule has 0 aromatic carbocycles. The molecule has 1 aromatic rings. The Morgan fingerprint density at radius 2 is 1.78 bits per heavy atom. The van der Waals surface area contributed by atoms with E-state index in [0.29, 0.717) is 0 Å². The van der Waals surface area contributed by atoms with Crippen LogP contribution in [0.4, 0.5) is 0 Å². The monoisotopic (exact) mass is 269 g/mol. The topological polar surface area (TPSA) is 47.0 Å². The summed E-state index contributed by atoms with van der Waals surface area (Å²) in [6, 6.07) is 0. The first-order valence-corrected chi connectivity index (χ1v) is 7.28. The number of aryl methyl sites for hydroxylation is 2. The van der Waals surface area contributed by atoms with Crippen molar-refractivity contribution >= 4 is 11.8 Å². The van der Waals surface area contributed by atoms with E-state index in [0.717, 1.165) is 48.4 Å². The van der Waals surface area contributed by atoms with E-state index in [1.54, 1.807) is 18.9 Å². The van der Waals surface area contributed by atoms with Crippen LogP contribution < -0.4 is 5.32 Å². The Morgan fingerprint density at radius 3 is 2.39 bits per heavy atom. The summed E-state index contributed by atoms with van der Waals surface area (Å²) in [4.78, 5) is 8.97.